The molecular formula is C24H20N6O8. The van der Waals surface area contributed by atoms with Crippen molar-refractivity contribution in [3.05, 3.63) is 103 Å². The number of nitro groups is 2. The lowest BCUT2D eigenvalue weighted by Gasteiger charge is -2.13. The van der Waals surface area contributed by atoms with Gasteiger partial charge in [0.1, 0.15) is 5.76 Å². The lowest BCUT2D eigenvalue weighted by atomic mass is 9.93. The minimum absolute atomic E-state index is 0.0460. The van der Waals surface area contributed by atoms with Crippen LogP contribution in [0.3, 0.4) is 0 Å². The minimum Gasteiger partial charge on any atom is -0.455 e. The Morgan fingerprint density at radius 3 is 1.89 bits per heavy atom. The average Bonchev–Trinajstić information content (AvgIpc) is 3.27. The number of nitrogens with zero attached hydrogens (tertiary/aromatic N) is 3. The fourth-order valence-electron chi connectivity index (χ4n) is 3.89. The van der Waals surface area contributed by atoms with Crippen molar-refractivity contribution in [3.63, 3.8) is 0 Å². The Morgan fingerprint density at radius 2 is 1.34 bits per heavy atom. The van der Waals surface area contributed by atoms with Gasteiger partial charge >= 0.3 is 5.91 Å². The van der Waals surface area contributed by atoms with Crippen molar-refractivity contribution in [1.29, 1.82) is 0 Å². The Labute approximate surface area is 214 Å². The molecule has 1 aliphatic carbocycles. The third-order valence-corrected chi connectivity index (χ3v) is 5.79. The molecular weight excluding hydrogens is 500 g/mol. The minimum atomic E-state index is -0.721. The van der Waals surface area contributed by atoms with Crippen LogP contribution in [0.1, 0.15) is 61.0 Å². The molecule has 1 heterocycles. The molecule has 2 aromatic carbocycles. The van der Waals surface area contributed by atoms with Crippen LogP contribution in [0.5, 0.6) is 0 Å². The van der Waals surface area contributed by atoms with Crippen LogP contribution in [0.4, 0.5) is 11.4 Å². The van der Waals surface area contributed by atoms with Gasteiger partial charge in [-0.15, -0.1) is 0 Å². The molecule has 0 bridgehead atoms. The maximum absolute atomic E-state index is 12.7. The van der Waals surface area contributed by atoms with Crippen LogP contribution in [-0.4, -0.2) is 33.3 Å². The number of hydrazone groups is 1. The van der Waals surface area contributed by atoms with Gasteiger partial charge in [0.05, 0.1) is 15.6 Å². The highest BCUT2D eigenvalue weighted by molar-refractivity contribution is 6.07. The molecule has 38 heavy (non-hydrogen) atoms. The number of hydrogen-bond donors (Lipinski definition) is 3. The molecule has 1 aromatic heterocycles. The molecule has 0 atom stereocenters. The van der Waals surface area contributed by atoms with Gasteiger partial charge in [-0.1, -0.05) is 0 Å². The highest BCUT2D eigenvalue weighted by Crippen LogP contribution is 2.30. The molecule has 0 spiro atoms. The third-order valence-electron chi connectivity index (χ3n) is 5.79. The van der Waals surface area contributed by atoms with Gasteiger partial charge in [-0.25, -0.2) is 5.43 Å². The summed E-state index contributed by atoms with van der Waals surface area (Å²) in [5.41, 5.74) is 8.43. The van der Waals surface area contributed by atoms with Crippen molar-refractivity contribution in [2.45, 2.75) is 26.2 Å². The summed E-state index contributed by atoms with van der Waals surface area (Å²) in [5, 5.41) is 25.7. The number of carbonyl (C=O) groups is 3. The molecule has 14 heteroatoms. The summed E-state index contributed by atoms with van der Waals surface area (Å²) < 4.78 is 5.74. The SMILES string of the molecule is Cc1c(C(=O)NNC(=O)c2ccc([N+](=O)[O-])cc2)oc2c1/C(=N/NC(=O)c1ccc([N+](=O)[O-])cc1)CCC2. The summed E-state index contributed by atoms with van der Waals surface area (Å²) in [7, 11) is 0. The number of benzene rings is 2. The number of fused-ring (bicyclic) bond motifs is 1. The van der Waals surface area contributed by atoms with E-state index >= 15 is 0 Å². The van der Waals surface area contributed by atoms with E-state index in [1.54, 1.807) is 6.92 Å². The molecule has 3 N–H and O–H groups in total. The van der Waals surface area contributed by atoms with E-state index in [9.17, 15) is 34.6 Å². The van der Waals surface area contributed by atoms with E-state index in [2.05, 4.69) is 21.4 Å². The monoisotopic (exact) mass is 520 g/mol. The standard InChI is InChI=1S/C24H20N6O8/c1-13-20-18(25-26-22(31)14-5-9-16(10-6-14)29(34)35)3-2-4-19(20)38-21(13)24(33)28-27-23(32)15-7-11-17(12-8-15)30(36)37/h5-12H,2-4H2,1H3,(H,26,31)(H,27,32)(H,28,33)/b25-18+. The molecule has 3 aromatic rings. The lowest BCUT2D eigenvalue weighted by molar-refractivity contribution is -0.385. The van der Waals surface area contributed by atoms with Crippen molar-refractivity contribution in [1.82, 2.24) is 16.3 Å². The molecule has 0 saturated heterocycles. The molecule has 14 nitrogen and oxygen atoms in total. The van der Waals surface area contributed by atoms with Crippen LogP contribution in [-0.2, 0) is 6.42 Å². The van der Waals surface area contributed by atoms with Crippen molar-refractivity contribution in [3.8, 4) is 0 Å². The predicted molar refractivity (Wildman–Crippen MR) is 132 cm³/mol. The zero-order valence-electron chi connectivity index (χ0n) is 19.8. The predicted octanol–water partition coefficient (Wildman–Crippen LogP) is 2.95. The molecule has 3 amide bonds. The first-order valence-corrected chi connectivity index (χ1v) is 11.2. The van der Waals surface area contributed by atoms with Gasteiger partial charge < -0.3 is 4.42 Å². The molecule has 4 rings (SSSR count). The number of non-ortho nitro benzene ring substituents is 2. The van der Waals surface area contributed by atoms with Crippen LogP contribution in [0, 0.1) is 27.2 Å². The third kappa shape index (κ3) is 5.38. The van der Waals surface area contributed by atoms with Crippen LogP contribution >= 0.6 is 0 Å². The number of hydrogen-bond acceptors (Lipinski definition) is 9. The number of hydrazine groups is 1. The van der Waals surface area contributed by atoms with E-state index < -0.39 is 27.6 Å². The number of aryl methyl sites for hydroxylation is 1. The number of nitro benzene ring substituents is 2. The summed E-state index contributed by atoms with van der Waals surface area (Å²) >= 11 is 0. The lowest BCUT2D eigenvalue weighted by Crippen LogP contribution is -2.41. The Kier molecular flexibility index (Phi) is 7.23. The average molecular weight is 520 g/mol. The molecule has 194 valence electrons. The Morgan fingerprint density at radius 1 is 0.816 bits per heavy atom. The van der Waals surface area contributed by atoms with E-state index in [4.69, 9.17) is 4.42 Å². The number of nitrogens with one attached hydrogen (secondary N) is 3. The smallest absolute Gasteiger partial charge is 0.305 e. The van der Waals surface area contributed by atoms with Crippen molar-refractivity contribution in [2.75, 3.05) is 0 Å². The summed E-state index contributed by atoms with van der Waals surface area (Å²) in [6.45, 7) is 1.65. The molecule has 0 fully saturated rings. The molecule has 0 saturated carbocycles. The van der Waals surface area contributed by atoms with Gasteiger partial charge in [0.2, 0.25) is 0 Å². The number of rotatable bonds is 6. The molecule has 0 unspecified atom stereocenters. The second kappa shape index (κ2) is 10.7. The maximum Gasteiger partial charge on any atom is 0.305 e. The van der Waals surface area contributed by atoms with E-state index in [1.807, 2.05) is 0 Å². The molecule has 0 radical (unpaired) electrons. The van der Waals surface area contributed by atoms with Gasteiger partial charge in [-0.2, -0.15) is 5.10 Å². The van der Waals surface area contributed by atoms with E-state index in [0.29, 0.717) is 41.9 Å². The highest BCUT2D eigenvalue weighted by Gasteiger charge is 2.28. The van der Waals surface area contributed by atoms with Crippen LogP contribution in [0.25, 0.3) is 0 Å². The van der Waals surface area contributed by atoms with Crippen molar-refractivity contribution < 1.29 is 28.6 Å². The van der Waals surface area contributed by atoms with Crippen LogP contribution in [0.15, 0.2) is 58.0 Å². The van der Waals surface area contributed by atoms with E-state index in [0.717, 1.165) is 0 Å². The first kappa shape index (κ1) is 25.7. The highest BCUT2D eigenvalue weighted by atomic mass is 16.6. The first-order valence-electron chi connectivity index (χ1n) is 11.2. The van der Waals surface area contributed by atoms with Gasteiger partial charge in [0, 0.05) is 52.9 Å². The summed E-state index contributed by atoms with van der Waals surface area (Å²) in [5.74, 6) is -1.51. The summed E-state index contributed by atoms with van der Waals surface area (Å²) in [4.78, 5) is 57.8. The zero-order valence-corrected chi connectivity index (χ0v) is 19.8. The second-order valence-corrected chi connectivity index (χ2v) is 8.22. The van der Waals surface area contributed by atoms with Crippen molar-refractivity contribution >= 4 is 34.8 Å². The first-order chi connectivity index (χ1) is 18.2. The second-order valence-electron chi connectivity index (χ2n) is 8.22. The summed E-state index contributed by atoms with van der Waals surface area (Å²) in [6.07, 6.45) is 1.70. The topological polar surface area (TPSA) is 199 Å². The Hall–Kier alpha value is -5.40. The van der Waals surface area contributed by atoms with E-state index in [-0.39, 0.29) is 28.3 Å². The number of amides is 3. The van der Waals surface area contributed by atoms with Crippen molar-refractivity contribution in [2.24, 2.45) is 5.10 Å². The maximum atomic E-state index is 12.7. The number of carbonyl (C=O) groups excluding carboxylic acids is 3. The molecule has 0 aliphatic heterocycles. The number of furan rings is 1. The largest absolute Gasteiger partial charge is 0.455 e. The summed E-state index contributed by atoms with van der Waals surface area (Å²) in [6, 6.07) is 9.91. The van der Waals surface area contributed by atoms with Gasteiger partial charge in [-0.05, 0) is 44.0 Å². The fourth-order valence-corrected chi connectivity index (χ4v) is 3.89. The van der Waals surface area contributed by atoms with Gasteiger partial charge in [-0.3, -0.25) is 45.5 Å². The quantitative estimate of drug-likeness (QED) is 0.325. The normalized spacial score (nSPS) is 13.3. The fraction of sp³-hybridized carbons (Fsp3) is 0.167. The Bertz CT molecular complexity index is 1470. The Balaban J connectivity index is 1.44. The zero-order chi connectivity index (χ0) is 27.4. The van der Waals surface area contributed by atoms with Crippen LogP contribution < -0.4 is 16.3 Å². The van der Waals surface area contributed by atoms with E-state index in [1.165, 1.54) is 48.5 Å². The van der Waals surface area contributed by atoms with Gasteiger partial charge in [0.25, 0.3) is 23.2 Å². The van der Waals surface area contributed by atoms with Crippen LogP contribution in [0.2, 0.25) is 0 Å². The van der Waals surface area contributed by atoms with Gasteiger partial charge in [0.15, 0.2) is 5.76 Å². The molecule has 1 aliphatic rings.